The van der Waals surface area contributed by atoms with Crippen LogP contribution in [0.2, 0.25) is 0 Å². The molecule has 124 valence electrons. The van der Waals surface area contributed by atoms with Crippen molar-refractivity contribution in [1.82, 2.24) is 0 Å². The first-order valence-corrected chi connectivity index (χ1v) is 7.63. The second-order valence-corrected chi connectivity index (χ2v) is 5.42. The van der Waals surface area contributed by atoms with Gasteiger partial charge in [0.25, 0.3) is 0 Å². The molecule has 0 aliphatic heterocycles. The van der Waals surface area contributed by atoms with Crippen molar-refractivity contribution in [3.05, 3.63) is 71.3 Å². The Bertz CT molecular complexity index is 744. The van der Waals surface area contributed by atoms with Gasteiger partial charge in [0.05, 0.1) is 7.11 Å². The molecule has 0 aliphatic rings. The van der Waals surface area contributed by atoms with Crippen molar-refractivity contribution in [3.8, 4) is 5.75 Å². The van der Waals surface area contributed by atoms with Crippen molar-refractivity contribution in [1.29, 1.82) is 0 Å². The fourth-order valence-corrected chi connectivity index (χ4v) is 2.13. The van der Waals surface area contributed by atoms with Gasteiger partial charge in [0.15, 0.2) is 6.10 Å². The zero-order valence-electron chi connectivity index (χ0n) is 14.0. The van der Waals surface area contributed by atoms with Gasteiger partial charge in [-0.05, 0) is 37.6 Å². The van der Waals surface area contributed by atoms with Crippen LogP contribution in [0, 0.1) is 6.92 Å². The van der Waals surface area contributed by atoms with Crippen LogP contribution in [0.4, 0.5) is 0 Å². The van der Waals surface area contributed by atoms with E-state index in [2.05, 4.69) is 0 Å². The average Bonchev–Trinajstić information content (AvgIpc) is 2.60. The molecule has 2 rings (SSSR count). The largest absolute Gasteiger partial charge is 0.497 e. The van der Waals surface area contributed by atoms with Gasteiger partial charge < -0.3 is 9.47 Å². The molecule has 24 heavy (non-hydrogen) atoms. The van der Waals surface area contributed by atoms with Crippen LogP contribution in [0.5, 0.6) is 5.75 Å². The van der Waals surface area contributed by atoms with E-state index in [-0.39, 0.29) is 5.78 Å². The van der Waals surface area contributed by atoms with E-state index in [0.29, 0.717) is 11.3 Å². The molecule has 0 aliphatic carbocycles. The molecule has 0 bridgehead atoms. The lowest BCUT2D eigenvalue weighted by Gasteiger charge is -2.11. The van der Waals surface area contributed by atoms with Gasteiger partial charge in [-0.15, -0.1) is 0 Å². The molecule has 0 saturated heterocycles. The second kappa shape index (κ2) is 8.11. The third-order valence-electron chi connectivity index (χ3n) is 3.50. The van der Waals surface area contributed by atoms with E-state index >= 15 is 0 Å². The summed E-state index contributed by atoms with van der Waals surface area (Å²) in [7, 11) is 1.58. The molecule has 0 saturated carbocycles. The Kier molecular flexibility index (Phi) is 5.90. The quantitative estimate of drug-likeness (QED) is 0.460. The van der Waals surface area contributed by atoms with Crippen LogP contribution >= 0.6 is 0 Å². The van der Waals surface area contributed by atoms with Crippen LogP contribution in [0.3, 0.4) is 0 Å². The second-order valence-electron chi connectivity index (χ2n) is 5.42. The lowest BCUT2D eigenvalue weighted by atomic mass is 10.1. The molecule has 0 fully saturated rings. The Morgan fingerprint density at radius 3 is 2.46 bits per heavy atom. The highest BCUT2D eigenvalue weighted by molar-refractivity contribution is 6.01. The Morgan fingerprint density at radius 1 is 1.08 bits per heavy atom. The zero-order chi connectivity index (χ0) is 17.5. The Labute approximate surface area is 141 Å². The maximum atomic E-state index is 12.2. The van der Waals surface area contributed by atoms with Crippen molar-refractivity contribution in [2.45, 2.75) is 20.0 Å². The molecular formula is C20H20O4. The van der Waals surface area contributed by atoms with Crippen LogP contribution < -0.4 is 4.74 Å². The average molecular weight is 324 g/mol. The summed E-state index contributed by atoms with van der Waals surface area (Å²) in [4.78, 5) is 24.1. The van der Waals surface area contributed by atoms with E-state index in [1.807, 2.05) is 37.3 Å². The molecular weight excluding hydrogens is 304 g/mol. The predicted octanol–water partition coefficient (Wildman–Crippen LogP) is 3.83. The molecule has 0 radical (unpaired) electrons. The summed E-state index contributed by atoms with van der Waals surface area (Å²) >= 11 is 0. The topological polar surface area (TPSA) is 52.6 Å². The first kappa shape index (κ1) is 17.5. The Balaban J connectivity index is 1.96. The number of rotatable bonds is 6. The fraction of sp³-hybridized carbons (Fsp3) is 0.200. The molecule has 0 N–H and O–H groups in total. The lowest BCUT2D eigenvalue weighted by molar-refractivity contribution is -0.140. The number of ketones is 1. The van der Waals surface area contributed by atoms with Crippen LogP contribution in [0.1, 0.15) is 28.4 Å². The van der Waals surface area contributed by atoms with Gasteiger partial charge in [-0.25, -0.2) is 4.79 Å². The third kappa shape index (κ3) is 4.81. The van der Waals surface area contributed by atoms with Crippen LogP contribution in [0.15, 0.2) is 54.6 Å². The number of esters is 1. The van der Waals surface area contributed by atoms with Gasteiger partial charge in [-0.2, -0.15) is 0 Å². The van der Waals surface area contributed by atoms with Crippen molar-refractivity contribution >= 4 is 17.8 Å². The minimum Gasteiger partial charge on any atom is -0.497 e. The van der Waals surface area contributed by atoms with Gasteiger partial charge >= 0.3 is 5.97 Å². The van der Waals surface area contributed by atoms with Crippen LogP contribution in [0.25, 0.3) is 6.08 Å². The minimum atomic E-state index is -0.838. The summed E-state index contributed by atoms with van der Waals surface area (Å²) in [6, 6.07) is 14.4. The summed E-state index contributed by atoms with van der Waals surface area (Å²) in [5.74, 6) is -0.0858. The van der Waals surface area contributed by atoms with Crippen molar-refractivity contribution in [2.24, 2.45) is 0 Å². The standard InChI is InChI=1S/C20H20O4/c1-14-7-10-17(11-8-14)20(22)15(2)24-19(21)12-9-16-5-4-6-18(13-16)23-3/h4-13,15H,1-3H3/b12-9+/t15-/m0/s1. The maximum Gasteiger partial charge on any atom is 0.331 e. The Hall–Kier alpha value is -2.88. The summed E-state index contributed by atoms with van der Waals surface area (Å²) in [5.41, 5.74) is 2.40. The smallest absolute Gasteiger partial charge is 0.331 e. The summed E-state index contributed by atoms with van der Waals surface area (Å²) in [6.07, 6.45) is 2.08. The van der Waals surface area contributed by atoms with Gasteiger partial charge in [0.1, 0.15) is 5.75 Å². The summed E-state index contributed by atoms with van der Waals surface area (Å²) in [6.45, 7) is 3.51. The number of aryl methyl sites for hydroxylation is 1. The number of carbonyl (C=O) groups excluding carboxylic acids is 2. The van der Waals surface area contributed by atoms with Crippen LogP contribution in [-0.2, 0) is 9.53 Å². The summed E-state index contributed by atoms with van der Waals surface area (Å²) < 4.78 is 10.3. The van der Waals surface area contributed by atoms with E-state index in [4.69, 9.17) is 9.47 Å². The maximum absolute atomic E-state index is 12.2. The van der Waals surface area contributed by atoms with E-state index in [1.54, 1.807) is 38.3 Å². The van der Waals surface area contributed by atoms with Crippen molar-refractivity contribution in [3.63, 3.8) is 0 Å². The predicted molar refractivity (Wildman–Crippen MR) is 93.1 cm³/mol. The highest BCUT2D eigenvalue weighted by Crippen LogP contribution is 2.14. The molecule has 0 heterocycles. The lowest BCUT2D eigenvalue weighted by Crippen LogP contribution is -2.23. The van der Waals surface area contributed by atoms with Gasteiger partial charge in [-0.3, -0.25) is 4.79 Å². The van der Waals surface area contributed by atoms with Crippen molar-refractivity contribution in [2.75, 3.05) is 7.11 Å². The molecule has 0 amide bonds. The first-order valence-electron chi connectivity index (χ1n) is 7.63. The third-order valence-corrected chi connectivity index (χ3v) is 3.50. The zero-order valence-corrected chi connectivity index (χ0v) is 14.0. The normalized spacial score (nSPS) is 12.0. The number of methoxy groups -OCH3 is 1. The fourth-order valence-electron chi connectivity index (χ4n) is 2.13. The number of hydrogen-bond donors (Lipinski definition) is 0. The molecule has 2 aromatic rings. The number of hydrogen-bond acceptors (Lipinski definition) is 4. The highest BCUT2D eigenvalue weighted by atomic mass is 16.5. The minimum absolute atomic E-state index is 0.224. The van der Waals surface area contributed by atoms with Gasteiger partial charge in [-0.1, -0.05) is 42.0 Å². The Morgan fingerprint density at radius 2 is 1.79 bits per heavy atom. The number of benzene rings is 2. The van der Waals surface area contributed by atoms with E-state index < -0.39 is 12.1 Å². The van der Waals surface area contributed by atoms with Gasteiger partial charge in [0.2, 0.25) is 5.78 Å². The molecule has 0 aromatic heterocycles. The number of Topliss-reactive ketones (excluding diaryl/α,β-unsaturated/α-hetero) is 1. The number of carbonyl (C=O) groups is 2. The molecule has 0 unspecified atom stereocenters. The van der Waals surface area contributed by atoms with Crippen molar-refractivity contribution < 1.29 is 19.1 Å². The van der Waals surface area contributed by atoms with Gasteiger partial charge in [0, 0.05) is 11.6 Å². The molecule has 4 nitrogen and oxygen atoms in total. The first-order chi connectivity index (χ1) is 11.5. The number of ether oxygens (including phenoxy) is 2. The molecule has 4 heteroatoms. The van der Waals surface area contributed by atoms with E-state index in [0.717, 1.165) is 11.1 Å². The van der Waals surface area contributed by atoms with Crippen LogP contribution in [-0.4, -0.2) is 25.0 Å². The SMILES string of the molecule is COc1cccc(/C=C/C(=O)O[C@@H](C)C(=O)c2ccc(C)cc2)c1. The molecule has 1 atom stereocenters. The van der Waals surface area contributed by atoms with E-state index in [1.165, 1.54) is 6.08 Å². The van der Waals surface area contributed by atoms with E-state index in [9.17, 15) is 9.59 Å². The summed E-state index contributed by atoms with van der Waals surface area (Å²) in [5, 5.41) is 0. The monoisotopic (exact) mass is 324 g/mol. The molecule has 2 aromatic carbocycles. The highest BCUT2D eigenvalue weighted by Gasteiger charge is 2.18. The molecule has 0 spiro atoms.